The lowest BCUT2D eigenvalue weighted by Gasteiger charge is -2.29. The van der Waals surface area contributed by atoms with E-state index in [4.69, 9.17) is 5.11 Å². The number of carboxylic acid groups (broad SMARTS) is 1. The van der Waals surface area contributed by atoms with E-state index in [1.807, 2.05) is 17.0 Å². The zero-order valence-electron chi connectivity index (χ0n) is 14.1. The Morgan fingerprint density at radius 2 is 2.04 bits per heavy atom. The van der Waals surface area contributed by atoms with Gasteiger partial charge in [0, 0.05) is 38.2 Å². The van der Waals surface area contributed by atoms with Crippen LogP contribution in [0.1, 0.15) is 37.7 Å². The number of amides is 1. The minimum Gasteiger partial charge on any atom is -0.481 e. The molecule has 1 aromatic carbocycles. The molecule has 2 aliphatic rings. The maximum atomic E-state index is 12.2. The molecule has 2 aliphatic heterocycles. The van der Waals surface area contributed by atoms with Crippen molar-refractivity contribution < 1.29 is 14.7 Å². The maximum absolute atomic E-state index is 12.2. The Morgan fingerprint density at radius 1 is 1.21 bits per heavy atom. The molecule has 0 radical (unpaired) electrons. The fourth-order valence-electron chi connectivity index (χ4n) is 3.85. The molecule has 5 heteroatoms. The predicted molar refractivity (Wildman–Crippen MR) is 93.1 cm³/mol. The van der Waals surface area contributed by atoms with Crippen LogP contribution in [-0.2, 0) is 16.0 Å². The van der Waals surface area contributed by atoms with Crippen molar-refractivity contribution in [2.75, 3.05) is 31.1 Å². The van der Waals surface area contributed by atoms with Gasteiger partial charge in [0.05, 0.1) is 0 Å². The number of para-hydroxylation sites is 1. The number of nitrogens with zero attached hydrogens (tertiary/aromatic N) is 2. The van der Waals surface area contributed by atoms with Gasteiger partial charge in [-0.05, 0) is 49.8 Å². The number of carboxylic acids is 1. The summed E-state index contributed by atoms with van der Waals surface area (Å²) in [6.45, 7) is 3.59. The van der Waals surface area contributed by atoms with Gasteiger partial charge in [-0.15, -0.1) is 0 Å². The van der Waals surface area contributed by atoms with E-state index in [1.54, 1.807) is 0 Å². The number of benzene rings is 1. The van der Waals surface area contributed by atoms with Crippen LogP contribution >= 0.6 is 0 Å². The van der Waals surface area contributed by atoms with Crippen LogP contribution in [0.4, 0.5) is 5.69 Å². The molecule has 0 saturated carbocycles. The Bertz CT molecular complexity index is 602. The third kappa shape index (κ3) is 4.15. The summed E-state index contributed by atoms with van der Waals surface area (Å²) in [6, 6.07) is 8.20. The van der Waals surface area contributed by atoms with Gasteiger partial charge in [-0.1, -0.05) is 18.2 Å². The van der Waals surface area contributed by atoms with E-state index in [2.05, 4.69) is 17.0 Å². The van der Waals surface area contributed by atoms with Crippen molar-refractivity contribution in [2.24, 2.45) is 5.92 Å². The SMILES string of the molecule is O=C(O)CC1CCN(CCc2ccccc2N2CCCCC2=O)C1. The van der Waals surface area contributed by atoms with Crippen molar-refractivity contribution in [2.45, 2.75) is 38.5 Å². The van der Waals surface area contributed by atoms with Crippen molar-refractivity contribution in [1.82, 2.24) is 4.90 Å². The lowest BCUT2D eigenvalue weighted by Crippen LogP contribution is -2.36. The lowest BCUT2D eigenvalue weighted by atomic mass is 10.0. The van der Waals surface area contributed by atoms with Crippen molar-refractivity contribution >= 4 is 17.6 Å². The molecule has 1 unspecified atom stereocenters. The average molecular weight is 330 g/mol. The fourth-order valence-corrected chi connectivity index (χ4v) is 3.85. The highest BCUT2D eigenvalue weighted by Crippen LogP contribution is 2.26. The Kier molecular flexibility index (Phi) is 5.51. The van der Waals surface area contributed by atoms with E-state index in [9.17, 15) is 9.59 Å². The first-order valence-corrected chi connectivity index (χ1v) is 8.96. The quantitative estimate of drug-likeness (QED) is 0.871. The topological polar surface area (TPSA) is 60.9 Å². The molecule has 5 nitrogen and oxygen atoms in total. The van der Waals surface area contributed by atoms with Gasteiger partial charge in [0.1, 0.15) is 0 Å². The molecule has 0 aliphatic carbocycles. The highest BCUT2D eigenvalue weighted by Gasteiger charge is 2.25. The average Bonchev–Trinajstić information content (AvgIpc) is 3.00. The first kappa shape index (κ1) is 17.0. The van der Waals surface area contributed by atoms with Crippen LogP contribution in [0, 0.1) is 5.92 Å². The van der Waals surface area contributed by atoms with Crippen LogP contribution in [0.25, 0.3) is 0 Å². The number of likely N-dealkylation sites (tertiary alicyclic amines) is 1. The largest absolute Gasteiger partial charge is 0.481 e. The van der Waals surface area contributed by atoms with E-state index < -0.39 is 5.97 Å². The molecule has 1 atom stereocenters. The van der Waals surface area contributed by atoms with E-state index in [-0.39, 0.29) is 18.2 Å². The lowest BCUT2D eigenvalue weighted by molar-refractivity contribution is -0.138. The minimum atomic E-state index is -0.698. The van der Waals surface area contributed by atoms with Crippen molar-refractivity contribution in [3.05, 3.63) is 29.8 Å². The van der Waals surface area contributed by atoms with Crippen LogP contribution in [0.15, 0.2) is 24.3 Å². The fraction of sp³-hybridized carbons (Fsp3) is 0.579. The van der Waals surface area contributed by atoms with E-state index >= 15 is 0 Å². The Morgan fingerprint density at radius 3 is 2.83 bits per heavy atom. The summed E-state index contributed by atoms with van der Waals surface area (Å²) in [5.74, 6) is -0.186. The number of aliphatic carboxylic acids is 1. The third-order valence-corrected chi connectivity index (χ3v) is 5.14. The molecule has 2 saturated heterocycles. The zero-order chi connectivity index (χ0) is 16.9. The summed E-state index contributed by atoms with van der Waals surface area (Å²) >= 11 is 0. The number of rotatable bonds is 6. The number of anilines is 1. The molecular formula is C19H26N2O3. The first-order valence-electron chi connectivity index (χ1n) is 8.96. The van der Waals surface area contributed by atoms with Crippen LogP contribution < -0.4 is 4.90 Å². The Hall–Kier alpha value is -1.88. The van der Waals surface area contributed by atoms with Gasteiger partial charge in [0.25, 0.3) is 0 Å². The number of hydrogen-bond donors (Lipinski definition) is 1. The van der Waals surface area contributed by atoms with Crippen molar-refractivity contribution in [3.63, 3.8) is 0 Å². The van der Waals surface area contributed by atoms with Crippen molar-refractivity contribution in [3.8, 4) is 0 Å². The summed E-state index contributed by atoms with van der Waals surface area (Å²) in [6.07, 6.45) is 4.87. The Labute approximate surface area is 143 Å². The molecule has 1 N–H and O–H groups in total. The summed E-state index contributed by atoms with van der Waals surface area (Å²) in [4.78, 5) is 27.3. The number of piperidine rings is 1. The molecule has 1 amide bonds. The molecule has 2 fully saturated rings. The molecule has 2 heterocycles. The molecule has 24 heavy (non-hydrogen) atoms. The molecule has 3 rings (SSSR count). The molecule has 0 spiro atoms. The van der Waals surface area contributed by atoms with Crippen LogP contribution in [-0.4, -0.2) is 48.1 Å². The smallest absolute Gasteiger partial charge is 0.303 e. The zero-order valence-corrected chi connectivity index (χ0v) is 14.1. The maximum Gasteiger partial charge on any atom is 0.303 e. The monoisotopic (exact) mass is 330 g/mol. The second-order valence-electron chi connectivity index (χ2n) is 6.93. The molecule has 130 valence electrons. The Balaban J connectivity index is 1.60. The number of hydrogen-bond acceptors (Lipinski definition) is 3. The second kappa shape index (κ2) is 7.79. The standard InChI is InChI=1S/C19H26N2O3/c22-18-7-3-4-10-21(18)17-6-2-1-5-16(17)9-12-20-11-8-15(14-20)13-19(23)24/h1-2,5-6,15H,3-4,7-14H2,(H,23,24). The van der Waals surface area contributed by atoms with Crippen LogP contribution in [0.3, 0.4) is 0 Å². The molecule has 1 aromatic rings. The summed E-state index contributed by atoms with van der Waals surface area (Å²) in [7, 11) is 0. The van der Waals surface area contributed by atoms with E-state index in [0.717, 1.165) is 57.5 Å². The second-order valence-corrected chi connectivity index (χ2v) is 6.93. The highest BCUT2D eigenvalue weighted by atomic mass is 16.4. The van der Waals surface area contributed by atoms with Gasteiger partial charge in [0.2, 0.25) is 5.91 Å². The summed E-state index contributed by atoms with van der Waals surface area (Å²) in [5.41, 5.74) is 2.28. The van der Waals surface area contributed by atoms with Gasteiger partial charge in [-0.25, -0.2) is 0 Å². The summed E-state index contributed by atoms with van der Waals surface area (Å²) < 4.78 is 0. The van der Waals surface area contributed by atoms with E-state index in [0.29, 0.717) is 6.42 Å². The minimum absolute atomic E-state index is 0.233. The molecule has 0 bridgehead atoms. The van der Waals surface area contributed by atoms with Crippen molar-refractivity contribution in [1.29, 1.82) is 0 Å². The summed E-state index contributed by atoms with van der Waals surface area (Å²) in [5, 5.41) is 8.92. The first-order chi connectivity index (χ1) is 11.6. The molecule has 0 aromatic heterocycles. The van der Waals surface area contributed by atoms with Gasteiger partial charge in [-0.3, -0.25) is 9.59 Å². The van der Waals surface area contributed by atoms with Crippen LogP contribution in [0.5, 0.6) is 0 Å². The van der Waals surface area contributed by atoms with Crippen LogP contribution in [0.2, 0.25) is 0 Å². The van der Waals surface area contributed by atoms with Gasteiger partial charge >= 0.3 is 5.97 Å². The van der Waals surface area contributed by atoms with Gasteiger partial charge < -0.3 is 14.9 Å². The van der Waals surface area contributed by atoms with Gasteiger partial charge in [-0.2, -0.15) is 0 Å². The number of carbonyl (C=O) groups excluding carboxylic acids is 1. The predicted octanol–water partition coefficient (Wildman–Crippen LogP) is 2.54. The molecular weight excluding hydrogens is 304 g/mol. The van der Waals surface area contributed by atoms with E-state index in [1.165, 1.54) is 5.56 Å². The normalized spacial score (nSPS) is 22.1. The number of carbonyl (C=O) groups is 2. The highest BCUT2D eigenvalue weighted by molar-refractivity contribution is 5.94. The van der Waals surface area contributed by atoms with Gasteiger partial charge in [0.15, 0.2) is 0 Å². The third-order valence-electron chi connectivity index (χ3n) is 5.14.